The lowest BCUT2D eigenvalue weighted by atomic mass is 9.89. The van der Waals surface area contributed by atoms with Gasteiger partial charge in [-0.15, -0.1) is 22.7 Å². The van der Waals surface area contributed by atoms with Gasteiger partial charge in [0.2, 0.25) is 5.56 Å². The van der Waals surface area contributed by atoms with Crippen LogP contribution in [0.25, 0.3) is 10.9 Å². The second-order valence-corrected chi connectivity index (χ2v) is 14.6. The van der Waals surface area contributed by atoms with Gasteiger partial charge in [0.25, 0.3) is 5.91 Å². The summed E-state index contributed by atoms with van der Waals surface area (Å²) < 4.78 is 35.0. The lowest BCUT2D eigenvalue weighted by Gasteiger charge is -2.49. The molecule has 2 saturated heterocycles. The van der Waals surface area contributed by atoms with Gasteiger partial charge in [0, 0.05) is 53.8 Å². The Morgan fingerprint density at radius 3 is 2.68 bits per heavy atom. The van der Waals surface area contributed by atoms with Crippen molar-refractivity contribution in [2.24, 2.45) is 0 Å². The molecule has 2 fully saturated rings. The molecule has 1 unspecified atom stereocenters. The van der Waals surface area contributed by atoms with Gasteiger partial charge in [-0.2, -0.15) is 8.78 Å². The van der Waals surface area contributed by atoms with Gasteiger partial charge < -0.3 is 30.2 Å². The number of nitrogens with zero attached hydrogens (tertiary/aromatic N) is 3. The van der Waals surface area contributed by atoms with E-state index in [0.29, 0.717) is 62.0 Å². The fourth-order valence-electron chi connectivity index (χ4n) is 6.33. The highest BCUT2D eigenvalue weighted by atomic mass is 32.1. The van der Waals surface area contributed by atoms with E-state index in [9.17, 15) is 28.6 Å². The normalized spacial score (nSPS) is 18.7. The van der Waals surface area contributed by atoms with E-state index in [1.807, 2.05) is 13.8 Å². The van der Waals surface area contributed by atoms with Crippen LogP contribution in [-0.4, -0.2) is 86.9 Å². The number of thiophene rings is 1. The number of ether oxygens (including phenoxy) is 1. The first-order valence-electron chi connectivity index (χ1n) is 15.8. The van der Waals surface area contributed by atoms with Crippen molar-refractivity contribution in [3.8, 4) is 5.75 Å². The predicted molar refractivity (Wildman–Crippen MR) is 177 cm³/mol. The van der Waals surface area contributed by atoms with Crippen molar-refractivity contribution in [1.29, 1.82) is 0 Å². The number of carbonyl (C=O) groups is 1. The maximum atomic E-state index is 14.8. The average molecular weight is 688 g/mol. The molecule has 4 aromatic rings. The van der Waals surface area contributed by atoms with Crippen LogP contribution < -0.4 is 10.9 Å². The summed E-state index contributed by atoms with van der Waals surface area (Å²) >= 11 is 3.03. The van der Waals surface area contributed by atoms with Gasteiger partial charge in [0.1, 0.15) is 18.0 Å². The van der Waals surface area contributed by atoms with E-state index in [1.54, 1.807) is 28.8 Å². The van der Waals surface area contributed by atoms with Gasteiger partial charge >= 0.3 is 6.11 Å². The average Bonchev–Trinajstić information content (AvgIpc) is 3.70. The number of alkyl halides is 2. The topological polar surface area (TPSA) is 131 Å². The number of aromatic nitrogens is 2. The summed E-state index contributed by atoms with van der Waals surface area (Å²) in [7, 11) is 0. The maximum Gasteiger partial charge on any atom is 0.373 e. The number of nitrogens with one attached hydrogen (secondary N) is 2. The highest BCUT2D eigenvalue weighted by Gasteiger charge is 2.52. The summed E-state index contributed by atoms with van der Waals surface area (Å²) in [4.78, 5) is 36.5. The molecular formula is C33H39F2N5O5S2. The van der Waals surface area contributed by atoms with Gasteiger partial charge in [-0.25, -0.2) is 4.98 Å². The number of aromatic amines is 1. The number of thiazole rings is 1. The van der Waals surface area contributed by atoms with E-state index < -0.39 is 30.3 Å². The maximum absolute atomic E-state index is 14.8. The molecule has 252 valence electrons. The van der Waals surface area contributed by atoms with Crippen LogP contribution >= 0.6 is 22.7 Å². The van der Waals surface area contributed by atoms with Gasteiger partial charge in [0.05, 0.1) is 28.8 Å². The number of aliphatic hydroxyl groups is 1. The molecule has 47 heavy (non-hydrogen) atoms. The monoisotopic (exact) mass is 687 g/mol. The SMILES string of the molecule is CC(C)c1nc(C(=O)N2CC(F)(F)OC3(CCN(Cc4cc(CCNCC(O)c5ccc(O)c6[nH]c(=O)ccc56)cs4)CC3)C2)cs1. The Kier molecular flexibility index (Phi) is 9.79. The van der Waals surface area contributed by atoms with Crippen molar-refractivity contribution < 1.29 is 28.5 Å². The number of rotatable bonds is 10. The molecule has 4 N–H and O–H groups in total. The van der Waals surface area contributed by atoms with Crippen LogP contribution in [0.2, 0.25) is 0 Å². The van der Waals surface area contributed by atoms with Crippen molar-refractivity contribution >= 4 is 39.5 Å². The molecule has 0 saturated carbocycles. The van der Waals surface area contributed by atoms with Crippen molar-refractivity contribution in [2.45, 2.75) is 63.4 Å². The number of aromatic hydroxyl groups is 1. The van der Waals surface area contributed by atoms with Crippen molar-refractivity contribution in [3.63, 3.8) is 0 Å². The van der Waals surface area contributed by atoms with Gasteiger partial charge in [-0.1, -0.05) is 19.9 Å². The zero-order valence-electron chi connectivity index (χ0n) is 26.3. The zero-order chi connectivity index (χ0) is 33.3. The third kappa shape index (κ3) is 7.74. The van der Waals surface area contributed by atoms with Crippen LogP contribution in [-0.2, 0) is 17.7 Å². The number of benzene rings is 1. The molecule has 14 heteroatoms. The molecule has 10 nitrogen and oxygen atoms in total. The molecule has 0 aliphatic carbocycles. The fraction of sp³-hybridized carbons (Fsp3) is 0.485. The Morgan fingerprint density at radius 1 is 1.15 bits per heavy atom. The summed E-state index contributed by atoms with van der Waals surface area (Å²) in [6, 6.07) is 8.24. The number of amides is 1. The van der Waals surface area contributed by atoms with E-state index >= 15 is 0 Å². The number of aliphatic hydroxyl groups excluding tert-OH is 1. The molecule has 0 radical (unpaired) electrons. The largest absolute Gasteiger partial charge is 0.506 e. The molecule has 1 amide bonds. The number of fused-ring (bicyclic) bond motifs is 1. The molecular weight excluding hydrogens is 649 g/mol. The summed E-state index contributed by atoms with van der Waals surface area (Å²) in [5, 5.41) is 29.3. The third-order valence-corrected chi connectivity index (χ3v) is 10.9. The van der Waals surface area contributed by atoms with Gasteiger partial charge in [-0.05, 0) is 60.5 Å². The number of likely N-dealkylation sites (tertiary alicyclic amines) is 1. The summed E-state index contributed by atoms with van der Waals surface area (Å²) in [5.41, 5.74) is 0.882. The van der Waals surface area contributed by atoms with E-state index in [0.717, 1.165) is 11.4 Å². The number of halogens is 2. The van der Waals surface area contributed by atoms with Crippen LogP contribution in [0.4, 0.5) is 8.78 Å². The van der Waals surface area contributed by atoms with Crippen LogP contribution in [0.3, 0.4) is 0 Å². The number of hydrogen-bond donors (Lipinski definition) is 4. The van der Waals surface area contributed by atoms with Crippen molar-refractivity contribution in [2.75, 3.05) is 39.3 Å². The zero-order valence-corrected chi connectivity index (χ0v) is 27.9. The second-order valence-electron chi connectivity index (χ2n) is 12.8. The lowest BCUT2D eigenvalue weighted by molar-refractivity contribution is -0.332. The van der Waals surface area contributed by atoms with Gasteiger partial charge in [-0.3, -0.25) is 14.5 Å². The Bertz CT molecular complexity index is 1780. The Balaban J connectivity index is 0.978. The number of phenolic OH excluding ortho intramolecular Hbond substituents is 1. The molecule has 2 aliphatic rings. The van der Waals surface area contributed by atoms with E-state index in [-0.39, 0.29) is 29.5 Å². The Labute approximate surface area is 279 Å². The second kappa shape index (κ2) is 13.7. The number of morpholine rings is 1. The number of carbonyl (C=O) groups excluding carboxylic acids is 1. The van der Waals surface area contributed by atoms with Crippen LogP contribution in [0.5, 0.6) is 5.75 Å². The Morgan fingerprint density at radius 2 is 1.94 bits per heavy atom. The molecule has 2 aliphatic heterocycles. The minimum Gasteiger partial charge on any atom is -0.506 e. The Hall–Kier alpha value is -3.27. The molecule has 6 rings (SSSR count). The van der Waals surface area contributed by atoms with Crippen LogP contribution in [0, 0.1) is 0 Å². The first kappa shape index (κ1) is 33.6. The first-order chi connectivity index (χ1) is 22.4. The number of pyridine rings is 1. The van der Waals surface area contributed by atoms with Crippen molar-refractivity contribution in [3.05, 3.63) is 78.2 Å². The summed E-state index contributed by atoms with van der Waals surface area (Å²) in [6.07, 6.45) is -2.68. The number of piperidine rings is 1. The van der Waals surface area contributed by atoms with E-state index in [4.69, 9.17) is 4.74 Å². The van der Waals surface area contributed by atoms with E-state index in [2.05, 4.69) is 31.6 Å². The van der Waals surface area contributed by atoms with Gasteiger partial charge in [0.15, 0.2) is 0 Å². The highest BCUT2D eigenvalue weighted by Crippen LogP contribution is 2.39. The standard InChI is InChI=1S/C33H39F2N5O5S2/c1-20(2)30-37-25(17-47-30)31(44)40-18-32(45-33(34,35)19-40)8-11-39(12-9-32)15-22-13-21(16-46-22)7-10-36-14-27(42)23-3-5-26(41)29-24(23)4-6-28(43)38-29/h3-6,13,16-17,20,27,36,41-42H,7-12,14-15,18-19H2,1-2H3,(H,38,43). The lowest BCUT2D eigenvalue weighted by Crippen LogP contribution is -2.62. The predicted octanol–water partition coefficient (Wildman–Crippen LogP) is 4.84. The smallest absolute Gasteiger partial charge is 0.373 e. The summed E-state index contributed by atoms with van der Waals surface area (Å²) in [6.45, 7) is 6.14. The molecule has 5 heterocycles. The minimum absolute atomic E-state index is 0.0475. The first-order valence-corrected chi connectivity index (χ1v) is 17.5. The molecule has 1 aromatic carbocycles. The molecule has 1 atom stereocenters. The van der Waals surface area contributed by atoms with Crippen molar-refractivity contribution in [1.82, 2.24) is 25.1 Å². The third-order valence-electron chi connectivity index (χ3n) is 8.79. The quantitative estimate of drug-likeness (QED) is 0.174. The minimum atomic E-state index is -3.42. The molecule has 1 spiro atoms. The highest BCUT2D eigenvalue weighted by molar-refractivity contribution is 7.10. The number of phenols is 1. The van der Waals surface area contributed by atoms with Crippen LogP contribution in [0.1, 0.15) is 70.2 Å². The van der Waals surface area contributed by atoms with Crippen LogP contribution in [0.15, 0.2) is 45.9 Å². The molecule has 0 bridgehead atoms. The number of H-pyrrole nitrogens is 1. The van der Waals surface area contributed by atoms with E-state index in [1.165, 1.54) is 38.8 Å². The fourth-order valence-corrected chi connectivity index (χ4v) is 8.11. The number of hydrogen-bond acceptors (Lipinski definition) is 10. The summed E-state index contributed by atoms with van der Waals surface area (Å²) in [5.74, 6) is -0.360. The molecule has 3 aromatic heterocycles.